The average molecular weight is 255 g/mol. The summed E-state index contributed by atoms with van der Waals surface area (Å²) >= 11 is 5.86. The first kappa shape index (κ1) is 12.2. The van der Waals surface area contributed by atoms with Gasteiger partial charge in [-0.15, -0.1) is 0 Å². The minimum atomic E-state index is -0.427. The highest BCUT2D eigenvalue weighted by Crippen LogP contribution is 2.20. The van der Waals surface area contributed by atoms with E-state index >= 15 is 0 Å². The van der Waals surface area contributed by atoms with Crippen LogP contribution in [0.2, 0.25) is 5.02 Å². The summed E-state index contributed by atoms with van der Waals surface area (Å²) in [4.78, 5) is 13.8. The quantitative estimate of drug-likeness (QED) is 0.747. The maximum atomic E-state index is 12.2. The summed E-state index contributed by atoms with van der Waals surface area (Å²) in [5.74, 6) is -0.127. The third-order valence-electron chi connectivity index (χ3n) is 2.85. The van der Waals surface area contributed by atoms with Gasteiger partial charge >= 0.3 is 0 Å². The van der Waals surface area contributed by atoms with E-state index in [1.807, 2.05) is 0 Å². The Morgan fingerprint density at radius 1 is 1.47 bits per heavy atom. The van der Waals surface area contributed by atoms with Gasteiger partial charge < -0.3 is 15.7 Å². The smallest absolute Gasteiger partial charge is 0.254 e. The summed E-state index contributed by atoms with van der Waals surface area (Å²) in [7, 11) is 0. The van der Waals surface area contributed by atoms with E-state index in [4.69, 9.17) is 17.3 Å². The predicted octanol–water partition coefficient (Wildman–Crippen LogP) is 1.52. The summed E-state index contributed by atoms with van der Waals surface area (Å²) in [6, 6.07) is 4.81. The fraction of sp³-hybridized carbons (Fsp3) is 0.417. The maximum absolute atomic E-state index is 12.2. The van der Waals surface area contributed by atoms with E-state index in [0.29, 0.717) is 29.4 Å². The number of halogens is 1. The Hall–Kier alpha value is -1.26. The molecule has 0 unspecified atom stereocenters. The monoisotopic (exact) mass is 254 g/mol. The molecule has 1 aliphatic rings. The molecule has 0 saturated carbocycles. The van der Waals surface area contributed by atoms with Crippen LogP contribution in [0.5, 0.6) is 0 Å². The molecule has 1 aromatic carbocycles. The van der Waals surface area contributed by atoms with Crippen molar-refractivity contribution in [3.8, 4) is 0 Å². The molecule has 3 N–H and O–H groups in total. The van der Waals surface area contributed by atoms with Gasteiger partial charge in [0.1, 0.15) is 0 Å². The molecule has 0 spiro atoms. The number of benzene rings is 1. The summed E-state index contributed by atoms with van der Waals surface area (Å²) in [5.41, 5.74) is 6.60. The van der Waals surface area contributed by atoms with Crippen molar-refractivity contribution in [1.82, 2.24) is 4.90 Å². The molecule has 0 radical (unpaired) electrons. The number of aliphatic hydroxyl groups is 1. The van der Waals surface area contributed by atoms with Gasteiger partial charge in [-0.05, 0) is 31.0 Å². The van der Waals surface area contributed by atoms with Gasteiger partial charge in [0.15, 0.2) is 0 Å². The fourth-order valence-corrected chi connectivity index (χ4v) is 2.30. The second-order valence-corrected chi connectivity index (χ2v) is 4.76. The predicted molar refractivity (Wildman–Crippen MR) is 67.0 cm³/mol. The van der Waals surface area contributed by atoms with Crippen LogP contribution in [0.3, 0.4) is 0 Å². The number of anilines is 1. The molecule has 1 fully saturated rings. The van der Waals surface area contributed by atoms with Crippen LogP contribution in [0.25, 0.3) is 0 Å². The average Bonchev–Trinajstić information content (AvgIpc) is 2.26. The van der Waals surface area contributed by atoms with Gasteiger partial charge in [-0.25, -0.2) is 0 Å². The van der Waals surface area contributed by atoms with Crippen molar-refractivity contribution in [2.75, 3.05) is 18.8 Å². The number of aliphatic hydroxyl groups excluding tert-OH is 1. The molecular formula is C12H15ClN2O2. The Labute approximate surface area is 105 Å². The number of hydrogen-bond acceptors (Lipinski definition) is 3. The van der Waals surface area contributed by atoms with Gasteiger partial charge in [0.05, 0.1) is 6.10 Å². The van der Waals surface area contributed by atoms with Gasteiger partial charge in [-0.1, -0.05) is 11.6 Å². The molecule has 17 heavy (non-hydrogen) atoms. The summed E-state index contributed by atoms with van der Waals surface area (Å²) < 4.78 is 0. The zero-order valence-electron chi connectivity index (χ0n) is 9.40. The molecule has 1 aliphatic heterocycles. The Morgan fingerprint density at radius 2 is 2.24 bits per heavy atom. The molecule has 4 nitrogen and oxygen atoms in total. The number of nitrogens with two attached hydrogens (primary N) is 1. The lowest BCUT2D eigenvalue weighted by atomic mass is 10.1. The van der Waals surface area contributed by atoms with Crippen LogP contribution in [0, 0.1) is 0 Å². The molecule has 1 heterocycles. The zero-order chi connectivity index (χ0) is 12.4. The summed E-state index contributed by atoms with van der Waals surface area (Å²) in [6.07, 6.45) is 1.15. The second-order valence-electron chi connectivity index (χ2n) is 4.32. The van der Waals surface area contributed by atoms with E-state index in [1.165, 1.54) is 0 Å². The number of nitrogen functional groups attached to an aromatic ring is 1. The highest BCUT2D eigenvalue weighted by molar-refractivity contribution is 6.31. The zero-order valence-corrected chi connectivity index (χ0v) is 10.2. The molecule has 1 aromatic rings. The van der Waals surface area contributed by atoms with Crippen molar-refractivity contribution in [3.05, 3.63) is 28.8 Å². The fourth-order valence-electron chi connectivity index (χ4n) is 2.06. The number of nitrogens with zero attached hydrogens (tertiary/aromatic N) is 1. The number of carbonyl (C=O) groups excluding carboxylic acids is 1. The van der Waals surface area contributed by atoms with Gasteiger partial charge in [0.25, 0.3) is 5.91 Å². The first-order chi connectivity index (χ1) is 8.06. The van der Waals surface area contributed by atoms with Crippen LogP contribution < -0.4 is 5.73 Å². The second kappa shape index (κ2) is 4.94. The molecule has 1 amide bonds. The highest BCUT2D eigenvalue weighted by atomic mass is 35.5. The van der Waals surface area contributed by atoms with Crippen LogP contribution in [0.1, 0.15) is 23.2 Å². The molecule has 0 aromatic heterocycles. The third-order valence-corrected chi connectivity index (χ3v) is 3.07. The van der Waals surface area contributed by atoms with Crippen LogP contribution in [0.15, 0.2) is 18.2 Å². The molecule has 0 aliphatic carbocycles. The standard InChI is InChI=1S/C12H15ClN2O2/c13-9-4-8(5-10(14)6-9)12(17)15-3-1-2-11(16)7-15/h4-6,11,16H,1-3,7,14H2/t11-/m0/s1. The lowest BCUT2D eigenvalue weighted by Crippen LogP contribution is -2.42. The van der Waals surface area contributed by atoms with E-state index in [9.17, 15) is 9.90 Å². The number of amides is 1. The van der Waals surface area contributed by atoms with Crippen molar-refractivity contribution in [2.24, 2.45) is 0 Å². The van der Waals surface area contributed by atoms with Crippen molar-refractivity contribution >= 4 is 23.2 Å². The van der Waals surface area contributed by atoms with Crippen molar-refractivity contribution < 1.29 is 9.90 Å². The van der Waals surface area contributed by atoms with Gasteiger partial charge in [-0.3, -0.25) is 4.79 Å². The van der Waals surface area contributed by atoms with Crippen molar-refractivity contribution in [2.45, 2.75) is 18.9 Å². The minimum absolute atomic E-state index is 0.127. The van der Waals surface area contributed by atoms with E-state index in [-0.39, 0.29) is 5.91 Å². The van der Waals surface area contributed by atoms with Gasteiger partial charge in [0, 0.05) is 29.4 Å². The van der Waals surface area contributed by atoms with Crippen molar-refractivity contribution in [1.29, 1.82) is 0 Å². The Balaban J connectivity index is 2.18. The number of piperidine rings is 1. The number of β-amino-alcohol motifs (C(OH)–C–C–N with tert-alkyl or cyclic N) is 1. The van der Waals surface area contributed by atoms with Crippen molar-refractivity contribution in [3.63, 3.8) is 0 Å². The van der Waals surface area contributed by atoms with E-state index in [1.54, 1.807) is 23.1 Å². The highest BCUT2D eigenvalue weighted by Gasteiger charge is 2.23. The molecule has 1 saturated heterocycles. The Kier molecular flexibility index (Phi) is 3.54. The van der Waals surface area contributed by atoms with Crippen LogP contribution in [0.4, 0.5) is 5.69 Å². The molecule has 0 bridgehead atoms. The minimum Gasteiger partial charge on any atom is -0.399 e. The number of rotatable bonds is 1. The molecular weight excluding hydrogens is 240 g/mol. The lowest BCUT2D eigenvalue weighted by Gasteiger charge is -2.30. The normalized spacial score (nSPS) is 20.4. The topological polar surface area (TPSA) is 66.6 Å². The summed E-state index contributed by atoms with van der Waals surface area (Å²) in [5, 5.41) is 9.99. The van der Waals surface area contributed by atoms with E-state index in [2.05, 4.69) is 0 Å². The molecule has 1 atom stereocenters. The SMILES string of the molecule is Nc1cc(Cl)cc(C(=O)N2CCC[C@H](O)C2)c1. The van der Waals surface area contributed by atoms with E-state index < -0.39 is 6.10 Å². The number of carbonyl (C=O) groups is 1. The first-order valence-electron chi connectivity index (χ1n) is 5.59. The number of likely N-dealkylation sites (tertiary alicyclic amines) is 1. The van der Waals surface area contributed by atoms with E-state index in [0.717, 1.165) is 12.8 Å². The first-order valence-corrected chi connectivity index (χ1v) is 5.97. The maximum Gasteiger partial charge on any atom is 0.254 e. The van der Waals surface area contributed by atoms with Crippen LogP contribution in [-0.4, -0.2) is 35.1 Å². The van der Waals surface area contributed by atoms with Gasteiger partial charge in [-0.2, -0.15) is 0 Å². The Bertz CT molecular complexity index is 416. The molecule has 5 heteroatoms. The van der Waals surface area contributed by atoms with Crippen LogP contribution >= 0.6 is 11.6 Å². The van der Waals surface area contributed by atoms with Gasteiger partial charge in [0.2, 0.25) is 0 Å². The largest absolute Gasteiger partial charge is 0.399 e. The number of hydrogen-bond donors (Lipinski definition) is 2. The summed E-state index contributed by atoms with van der Waals surface area (Å²) in [6.45, 7) is 1.05. The molecule has 92 valence electrons. The molecule has 2 rings (SSSR count). The van der Waals surface area contributed by atoms with Crippen LogP contribution in [-0.2, 0) is 0 Å². The Morgan fingerprint density at radius 3 is 2.88 bits per heavy atom. The lowest BCUT2D eigenvalue weighted by molar-refractivity contribution is 0.0474. The third kappa shape index (κ3) is 2.90.